The summed E-state index contributed by atoms with van der Waals surface area (Å²) in [7, 11) is 0. The molecule has 0 unspecified atom stereocenters. The first-order valence-electron chi connectivity index (χ1n) is 6.96. The normalized spacial score (nSPS) is 26.9. The molecule has 20 heavy (non-hydrogen) atoms. The van der Waals surface area contributed by atoms with Crippen LogP contribution in [0.1, 0.15) is 12.8 Å². The Morgan fingerprint density at radius 2 is 2.15 bits per heavy atom. The van der Waals surface area contributed by atoms with Crippen LogP contribution in [0.2, 0.25) is 0 Å². The molecule has 2 aliphatic rings. The summed E-state index contributed by atoms with van der Waals surface area (Å²) >= 11 is 5.41. The first-order valence-corrected chi connectivity index (χ1v) is 8.91. The molecule has 1 aliphatic heterocycles. The van der Waals surface area contributed by atoms with Crippen molar-refractivity contribution in [2.24, 2.45) is 5.92 Å². The molecule has 1 saturated heterocycles. The Morgan fingerprint density at radius 3 is 2.85 bits per heavy atom. The van der Waals surface area contributed by atoms with Crippen molar-refractivity contribution in [1.29, 1.82) is 0 Å². The van der Waals surface area contributed by atoms with Crippen LogP contribution in [0.15, 0.2) is 22.8 Å². The van der Waals surface area contributed by atoms with Gasteiger partial charge in [0, 0.05) is 47.2 Å². The lowest BCUT2D eigenvalue weighted by Gasteiger charge is -2.43. The van der Waals surface area contributed by atoms with Crippen molar-refractivity contribution in [3.8, 4) is 0 Å². The van der Waals surface area contributed by atoms with E-state index in [1.165, 1.54) is 24.6 Å². The third-order valence-corrected chi connectivity index (χ3v) is 5.46. The van der Waals surface area contributed by atoms with Gasteiger partial charge in [0.05, 0.1) is 0 Å². The highest BCUT2D eigenvalue weighted by Gasteiger charge is 2.38. The van der Waals surface area contributed by atoms with Crippen molar-refractivity contribution < 1.29 is 4.79 Å². The zero-order valence-electron chi connectivity index (χ0n) is 11.2. The van der Waals surface area contributed by atoms with Crippen LogP contribution in [0.5, 0.6) is 0 Å². The van der Waals surface area contributed by atoms with Gasteiger partial charge in [-0.25, -0.2) is 4.98 Å². The smallest absolute Gasteiger partial charge is 0.228 e. The van der Waals surface area contributed by atoms with E-state index < -0.39 is 0 Å². The van der Waals surface area contributed by atoms with E-state index in [1.54, 1.807) is 6.20 Å². The van der Waals surface area contributed by atoms with Crippen molar-refractivity contribution in [3.05, 3.63) is 22.8 Å². The van der Waals surface area contributed by atoms with Gasteiger partial charge in [0.1, 0.15) is 5.82 Å². The average Bonchev–Trinajstić information content (AvgIpc) is 2.38. The van der Waals surface area contributed by atoms with Gasteiger partial charge in [-0.1, -0.05) is 15.9 Å². The summed E-state index contributed by atoms with van der Waals surface area (Å²) in [6.45, 7) is 2.35. The second-order valence-corrected chi connectivity index (χ2v) is 7.46. The first kappa shape index (κ1) is 14.4. The number of anilines is 1. The van der Waals surface area contributed by atoms with Gasteiger partial charge in [-0.15, -0.1) is 0 Å². The van der Waals surface area contributed by atoms with Gasteiger partial charge in [-0.2, -0.15) is 11.8 Å². The Bertz CT molecular complexity index is 487. The number of nitrogens with zero attached hydrogens (tertiary/aromatic N) is 2. The van der Waals surface area contributed by atoms with E-state index in [2.05, 4.69) is 31.1 Å². The summed E-state index contributed by atoms with van der Waals surface area (Å²) in [5, 5.41) is 2.91. The number of nitrogens with one attached hydrogen (secondary N) is 1. The van der Waals surface area contributed by atoms with Gasteiger partial charge in [0.2, 0.25) is 5.91 Å². The van der Waals surface area contributed by atoms with Crippen molar-refractivity contribution >= 4 is 39.4 Å². The SMILES string of the molecule is O=C(Nc1cc(Br)ccn1)C1CC(N2CCSCC2)C1. The Hall–Kier alpha value is -0.590. The molecule has 0 bridgehead atoms. The molecule has 3 rings (SSSR count). The number of rotatable bonds is 3. The monoisotopic (exact) mass is 355 g/mol. The molecule has 2 fully saturated rings. The number of hydrogen-bond donors (Lipinski definition) is 1. The molecular formula is C14H18BrN3OS. The summed E-state index contributed by atoms with van der Waals surface area (Å²) in [6.07, 6.45) is 3.67. The summed E-state index contributed by atoms with van der Waals surface area (Å²) in [6, 6.07) is 4.29. The zero-order valence-corrected chi connectivity index (χ0v) is 13.6. The number of pyridine rings is 1. The number of hydrogen-bond acceptors (Lipinski definition) is 4. The van der Waals surface area contributed by atoms with Gasteiger partial charge >= 0.3 is 0 Å². The largest absolute Gasteiger partial charge is 0.310 e. The van der Waals surface area contributed by atoms with Crippen LogP contribution in [0.25, 0.3) is 0 Å². The van der Waals surface area contributed by atoms with E-state index in [9.17, 15) is 4.79 Å². The predicted octanol–water partition coefficient (Wildman–Crippen LogP) is 2.61. The van der Waals surface area contributed by atoms with Crippen molar-refractivity contribution in [2.75, 3.05) is 29.9 Å². The van der Waals surface area contributed by atoms with Gasteiger partial charge < -0.3 is 5.32 Å². The van der Waals surface area contributed by atoms with Gasteiger partial charge in [-0.05, 0) is 25.0 Å². The van der Waals surface area contributed by atoms with E-state index in [0.717, 1.165) is 17.3 Å². The van der Waals surface area contributed by atoms with Crippen molar-refractivity contribution in [1.82, 2.24) is 9.88 Å². The van der Waals surface area contributed by atoms with E-state index >= 15 is 0 Å². The fourth-order valence-electron chi connectivity index (χ4n) is 2.74. The maximum atomic E-state index is 12.1. The van der Waals surface area contributed by atoms with Crippen LogP contribution in [-0.4, -0.2) is 46.4 Å². The van der Waals surface area contributed by atoms with E-state index in [-0.39, 0.29) is 11.8 Å². The molecular weight excluding hydrogens is 338 g/mol. The average molecular weight is 356 g/mol. The molecule has 6 heteroatoms. The summed E-state index contributed by atoms with van der Waals surface area (Å²) < 4.78 is 0.931. The Morgan fingerprint density at radius 1 is 1.40 bits per heavy atom. The fourth-order valence-corrected chi connectivity index (χ4v) is 4.01. The molecule has 4 nitrogen and oxygen atoms in total. The van der Waals surface area contributed by atoms with Crippen LogP contribution in [0.4, 0.5) is 5.82 Å². The molecule has 0 atom stereocenters. The Balaban J connectivity index is 1.48. The molecule has 1 N–H and O–H groups in total. The highest BCUT2D eigenvalue weighted by Crippen LogP contribution is 2.33. The molecule has 0 aromatic carbocycles. The number of thioether (sulfide) groups is 1. The summed E-state index contributed by atoms with van der Waals surface area (Å²) in [5.74, 6) is 3.35. The maximum Gasteiger partial charge on any atom is 0.228 e. The first-order chi connectivity index (χ1) is 9.72. The van der Waals surface area contributed by atoms with Crippen molar-refractivity contribution in [3.63, 3.8) is 0 Å². The lowest BCUT2D eigenvalue weighted by Crippen LogP contribution is -2.50. The Kier molecular flexibility index (Phi) is 4.63. The Labute approximate surface area is 131 Å². The molecule has 1 aliphatic carbocycles. The molecule has 108 valence electrons. The topological polar surface area (TPSA) is 45.2 Å². The molecule has 0 radical (unpaired) electrons. The molecule has 2 heterocycles. The summed E-state index contributed by atoms with van der Waals surface area (Å²) in [5.41, 5.74) is 0. The molecule has 1 saturated carbocycles. The minimum atomic E-state index is 0.109. The highest BCUT2D eigenvalue weighted by atomic mass is 79.9. The highest BCUT2D eigenvalue weighted by molar-refractivity contribution is 9.10. The third kappa shape index (κ3) is 3.35. The van der Waals surface area contributed by atoms with Gasteiger partial charge in [-0.3, -0.25) is 9.69 Å². The van der Waals surface area contributed by atoms with Crippen LogP contribution in [-0.2, 0) is 4.79 Å². The second-order valence-electron chi connectivity index (χ2n) is 5.32. The third-order valence-electron chi connectivity index (χ3n) is 4.02. The summed E-state index contributed by atoms with van der Waals surface area (Å²) in [4.78, 5) is 18.8. The van der Waals surface area contributed by atoms with Crippen LogP contribution in [0, 0.1) is 5.92 Å². The zero-order chi connectivity index (χ0) is 13.9. The minimum Gasteiger partial charge on any atom is -0.310 e. The lowest BCUT2D eigenvalue weighted by molar-refractivity contribution is -0.124. The van der Waals surface area contributed by atoms with Crippen LogP contribution < -0.4 is 5.32 Å². The second kappa shape index (κ2) is 6.45. The maximum absolute atomic E-state index is 12.1. The number of amides is 1. The van der Waals surface area contributed by atoms with E-state index in [0.29, 0.717) is 11.9 Å². The van der Waals surface area contributed by atoms with Crippen LogP contribution >= 0.6 is 27.7 Å². The number of carbonyl (C=O) groups is 1. The number of aromatic nitrogens is 1. The fraction of sp³-hybridized carbons (Fsp3) is 0.571. The van der Waals surface area contributed by atoms with Gasteiger partial charge in [0.15, 0.2) is 0 Å². The quantitative estimate of drug-likeness (QED) is 0.904. The van der Waals surface area contributed by atoms with Gasteiger partial charge in [0.25, 0.3) is 0 Å². The predicted molar refractivity (Wildman–Crippen MR) is 86.0 cm³/mol. The van der Waals surface area contributed by atoms with E-state index in [1.807, 2.05) is 23.9 Å². The van der Waals surface area contributed by atoms with Crippen LogP contribution in [0.3, 0.4) is 0 Å². The van der Waals surface area contributed by atoms with Crippen molar-refractivity contribution in [2.45, 2.75) is 18.9 Å². The minimum absolute atomic E-state index is 0.109. The lowest BCUT2D eigenvalue weighted by atomic mass is 9.78. The molecule has 1 aromatic rings. The number of carbonyl (C=O) groups excluding carboxylic acids is 1. The number of halogens is 1. The molecule has 1 aromatic heterocycles. The molecule has 1 amide bonds. The van der Waals surface area contributed by atoms with E-state index in [4.69, 9.17) is 0 Å². The molecule has 0 spiro atoms. The standard InChI is InChI=1S/C14H18BrN3OS/c15-11-1-2-16-13(9-11)17-14(19)10-7-12(8-10)18-3-5-20-6-4-18/h1-2,9-10,12H,3-8H2,(H,16,17,19).